The summed E-state index contributed by atoms with van der Waals surface area (Å²) in [7, 11) is 3.27. The highest BCUT2D eigenvalue weighted by Gasteiger charge is 2.25. The highest BCUT2D eigenvalue weighted by Crippen LogP contribution is 2.37. The van der Waals surface area contributed by atoms with Crippen LogP contribution < -0.4 is 14.0 Å². The van der Waals surface area contributed by atoms with Crippen LogP contribution in [0.15, 0.2) is 30.5 Å². The fourth-order valence-corrected chi connectivity index (χ4v) is 3.30. The zero-order valence-electron chi connectivity index (χ0n) is 12.0. The summed E-state index contributed by atoms with van der Waals surface area (Å²) in [6, 6.07) is 7.65. The van der Waals surface area contributed by atoms with Crippen molar-refractivity contribution in [2.45, 2.75) is 13.0 Å². The predicted molar refractivity (Wildman–Crippen MR) is 80.1 cm³/mol. The van der Waals surface area contributed by atoms with E-state index in [-0.39, 0.29) is 0 Å². The molecule has 0 bridgehead atoms. The summed E-state index contributed by atoms with van der Waals surface area (Å²) >= 11 is 0. The van der Waals surface area contributed by atoms with Gasteiger partial charge in [-0.1, -0.05) is 0 Å². The lowest BCUT2D eigenvalue weighted by Crippen LogP contribution is -2.30. The normalized spacial score (nSPS) is 13.0. The molecule has 1 aromatic heterocycles. The summed E-state index contributed by atoms with van der Waals surface area (Å²) in [5.74, 6) is 1.73. The van der Waals surface area contributed by atoms with Crippen LogP contribution in [0.3, 0.4) is 0 Å². The Hall–Kier alpha value is -2.49. The topological polar surface area (TPSA) is 42.6 Å². The van der Waals surface area contributed by atoms with Gasteiger partial charge >= 0.3 is 0 Å². The van der Waals surface area contributed by atoms with Crippen molar-refractivity contribution in [2.75, 3.05) is 14.2 Å². The lowest BCUT2D eigenvalue weighted by atomic mass is 10.0. The van der Waals surface area contributed by atoms with Crippen molar-refractivity contribution < 1.29 is 19.1 Å². The molecule has 106 valence electrons. The van der Waals surface area contributed by atoms with Crippen LogP contribution in [0.1, 0.15) is 5.56 Å². The molecule has 4 nitrogen and oxygen atoms in total. The van der Waals surface area contributed by atoms with Gasteiger partial charge in [-0.3, -0.25) is 0 Å². The Morgan fingerprint density at radius 1 is 1.00 bits per heavy atom. The molecule has 2 aromatic carbocycles. The molecule has 1 aliphatic heterocycles. The fourth-order valence-electron chi connectivity index (χ4n) is 3.30. The molecule has 0 fully saturated rings. The number of aromatic hydroxyl groups is 1. The second-order valence-electron chi connectivity index (χ2n) is 5.37. The lowest BCUT2D eigenvalue weighted by Gasteiger charge is -2.10. The maximum absolute atomic E-state index is 9.99. The molecule has 4 rings (SSSR count). The van der Waals surface area contributed by atoms with Crippen molar-refractivity contribution in [1.29, 1.82) is 0 Å². The SMILES string of the molecule is COc1cc2c[n+]3c4c(cc(O)cc4c2cc1OC)CC3. The van der Waals surface area contributed by atoms with E-state index in [0.29, 0.717) is 11.5 Å². The minimum absolute atomic E-state index is 0.313. The molecule has 0 spiro atoms. The van der Waals surface area contributed by atoms with E-state index in [1.54, 1.807) is 14.2 Å². The molecule has 4 heteroatoms. The summed E-state index contributed by atoms with van der Waals surface area (Å²) in [6.07, 6.45) is 3.10. The first-order valence-corrected chi connectivity index (χ1v) is 6.95. The van der Waals surface area contributed by atoms with E-state index in [0.717, 1.165) is 34.9 Å². The summed E-state index contributed by atoms with van der Waals surface area (Å²) < 4.78 is 13.0. The van der Waals surface area contributed by atoms with Gasteiger partial charge in [0.15, 0.2) is 24.2 Å². The van der Waals surface area contributed by atoms with E-state index >= 15 is 0 Å². The fraction of sp³-hybridized carbons (Fsp3) is 0.235. The second kappa shape index (κ2) is 4.25. The number of pyridine rings is 1. The summed E-state index contributed by atoms with van der Waals surface area (Å²) in [5.41, 5.74) is 2.40. The number of phenols is 1. The van der Waals surface area contributed by atoms with E-state index < -0.39 is 0 Å². The van der Waals surface area contributed by atoms with E-state index in [1.807, 2.05) is 24.3 Å². The van der Waals surface area contributed by atoms with Crippen LogP contribution >= 0.6 is 0 Å². The number of aryl methyl sites for hydroxylation is 2. The zero-order chi connectivity index (χ0) is 14.6. The Balaban J connectivity index is 2.19. The van der Waals surface area contributed by atoms with Gasteiger partial charge in [0.2, 0.25) is 5.52 Å². The lowest BCUT2D eigenvalue weighted by molar-refractivity contribution is -0.662. The molecule has 0 saturated heterocycles. The highest BCUT2D eigenvalue weighted by atomic mass is 16.5. The number of benzene rings is 2. The number of phenolic OH excluding ortho intramolecular Hbond substituents is 1. The predicted octanol–water partition coefficient (Wildman–Crippen LogP) is 2.56. The van der Waals surface area contributed by atoms with E-state index in [1.165, 1.54) is 11.1 Å². The van der Waals surface area contributed by atoms with Crippen LogP contribution in [-0.4, -0.2) is 19.3 Å². The molecule has 0 saturated carbocycles. The minimum atomic E-state index is 0.313. The average Bonchev–Trinajstić information content (AvgIpc) is 2.89. The number of methoxy groups -OCH3 is 2. The van der Waals surface area contributed by atoms with Crippen LogP contribution in [0.2, 0.25) is 0 Å². The summed E-state index contributed by atoms with van der Waals surface area (Å²) in [4.78, 5) is 0. The van der Waals surface area contributed by atoms with Crippen LogP contribution in [-0.2, 0) is 13.0 Å². The minimum Gasteiger partial charge on any atom is -0.508 e. The number of nitrogens with zero attached hydrogens (tertiary/aromatic N) is 1. The van der Waals surface area contributed by atoms with Gasteiger partial charge in [0, 0.05) is 17.4 Å². The van der Waals surface area contributed by atoms with E-state index in [4.69, 9.17) is 9.47 Å². The Labute approximate surface area is 122 Å². The number of aromatic nitrogens is 1. The molecule has 0 radical (unpaired) electrons. The monoisotopic (exact) mass is 282 g/mol. The van der Waals surface area contributed by atoms with Gasteiger partial charge < -0.3 is 14.6 Å². The zero-order valence-corrected chi connectivity index (χ0v) is 12.0. The molecule has 0 unspecified atom stereocenters. The largest absolute Gasteiger partial charge is 0.508 e. The summed E-state index contributed by atoms with van der Waals surface area (Å²) in [5, 5.41) is 13.2. The van der Waals surface area contributed by atoms with Crippen molar-refractivity contribution in [3.63, 3.8) is 0 Å². The summed E-state index contributed by atoms with van der Waals surface area (Å²) in [6.45, 7) is 0.944. The molecule has 0 atom stereocenters. The Morgan fingerprint density at radius 2 is 1.76 bits per heavy atom. The quantitative estimate of drug-likeness (QED) is 0.580. The third-order valence-corrected chi connectivity index (χ3v) is 4.22. The van der Waals surface area contributed by atoms with Crippen molar-refractivity contribution >= 4 is 21.7 Å². The average molecular weight is 282 g/mol. The third kappa shape index (κ3) is 1.65. The van der Waals surface area contributed by atoms with E-state index in [2.05, 4.69) is 10.8 Å². The molecular formula is C17H16NO3+. The molecule has 1 N–H and O–H groups in total. The number of ether oxygens (including phenoxy) is 2. The van der Waals surface area contributed by atoms with Gasteiger partial charge in [0.05, 0.1) is 25.0 Å². The first kappa shape index (κ1) is 12.3. The maximum atomic E-state index is 9.99. The van der Waals surface area contributed by atoms with E-state index in [9.17, 15) is 5.11 Å². The van der Waals surface area contributed by atoms with Gasteiger partial charge in [-0.05, 0) is 24.3 Å². The molecule has 0 aliphatic carbocycles. The van der Waals surface area contributed by atoms with Gasteiger partial charge in [0.1, 0.15) is 5.75 Å². The smallest absolute Gasteiger partial charge is 0.216 e. The molecule has 21 heavy (non-hydrogen) atoms. The van der Waals surface area contributed by atoms with Gasteiger partial charge in [-0.25, -0.2) is 0 Å². The van der Waals surface area contributed by atoms with Gasteiger partial charge in [-0.15, -0.1) is 0 Å². The Morgan fingerprint density at radius 3 is 2.52 bits per heavy atom. The number of hydrogen-bond acceptors (Lipinski definition) is 3. The molecule has 0 amide bonds. The van der Waals surface area contributed by atoms with Crippen molar-refractivity contribution in [1.82, 2.24) is 0 Å². The maximum Gasteiger partial charge on any atom is 0.216 e. The van der Waals surface area contributed by atoms with Crippen molar-refractivity contribution in [2.24, 2.45) is 0 Å². The van der Waals surface area contributed by atoms with Crippen LogP contribution in [0.5, 0.6) is 17.2 Å². The standard InChI is InChI=1S/C17H15NO3/c1-20-15-6-11-9-18-4-3-10-5-12(19)7-14(17(10)18)13(11)8-16(15)21-2/h5-9H,3-4H2,1-2H3/p+1. The molecule has 1 aliphatic rings. The van der Waals surface area contributed by atoms with Gasteiger partial charge in [0.25, 0.3) is 0 Å². The van der Waals surface area contributed by atoms with Crippen LogP contribution in [0.25, 0.3) is 21.7 Å². The second-order valence-corrected chi connectivity index (χ2v) is 5.37. The van der Waals surface area contributed by atoms with Crippen LogP contribution in [0, 0.1) is 0 Å². The Kier molecular flexibility index (Phi) is 2.48. The van der Waals surface area contributed by atoms with Crippen LogP contribution in [0.4, 0.5) is 0 Å². The highest BCUT2D eigenvalue weighted by molar-refractivity contribution is 6.06. The molecule has 3 aromatic rings. The number of fused-ring (bicyclic) bond motifs is 2. The molecule has 2 heterocycles. The molecular weight excluding hydrogens is 266 g/mol. The Bertz CT molecular complexity index is 886. The first-order chi connectivity index (χ1) is 10.2. The number of hydrogen-bond donors (Lipinski definition) is 1. The van der Waals surface area contributed by atoms with Gasteiger partial charge in [-0.2, -0.15) is 4.57 Å². The third-order valence-electron chi connectivity index (χ3n) is 4.22. The van der Waals surface area contributed by atoms with Crippen molar-refractivity contribution in [3.05, 3.63) is 36.0 Å². The first-order valence-electron chi connectivity index (χ1n) is 6.95. The van der Waals surface area contributed by atoms with Crippen molar-refractivity contribution in [3.8, 4) is 17.2 Å². The number of rotatable bonds is 2.